The third-order valence-electron chi connectivity index (χ3n) is 3.21. The van der Waals surface area contributed by atoms with Crippen molar-refractivity contribution in [2.75, 3.05) is 0 Å². The predicted octanol–water partition coefficient (Wildman–Crippen LogP) is 4.09. The van der Waals surface area contributed by atoms with Crippen molar-refractivity contribution in [3.63, 3.8) is 0 Å². The number of benzene rings is 3. The van der Waals surface area contributed by atoms with Crippen molar-refractivity contribution in [3.8, 4) is 0 Å². The van der Waals surface area contributed by atoms with Gasteiger partial charge in [-0.2, -0.15) is 0 Å². The Balaban J connectivity index is 2.42. The minimum atomic E-state index is -0.933. The lowest BCUT2D eigenvalue weighted by atomic mass is 9.96. The second-order valence-corrected chi connectivity index (χ2v) is 4.40. The van der Waals surface area contributed by atoms with Crippen molar-refractivity contribution in [2.45, 2.75) is 0 Å². The van der Waals surface area contributed by atoms with Gasteiger partial charge in [0.15, 0.2) is 0 Å². The van der Waals surface area contributed by atoms with Crippen LogP contribution in [0.2, 0.25) is 0 Å². The summed E-state index contributed by atoms with van der Waals surface area (Å²) in [4.78, 5) is 10.8. The Morgan fingerprint density at radius 3 is 1.95 bits per heavy atom. The first kappa shape index (κ1) is 11.5. The molecule has 0 amide bonds. The molecular formula is C17H12O2. The molecule has 3 aromatic carbocycles. The van der Waals surface area contributed by atoms with E-state index in [0.717, 1.165) is 27.1 Å². The molecule has 0 aliphatic rings. The predicted molar refractivity (Wildman–Crippen MR) is 78.1 cm³/mol. The minimum absolute atomic E-state index is 0.933. The monoisotopic (exact) mass is 248 g/mol. The van der Waals surface area contributed by atoms with Crippen molar-refractivity contribution in [1.82, 2.24) is 0 Å². The molecule has 0 aliphatic heterocycles. The summed E-state index contributed by atoms with van der Waals surface area (Å²) in [6.07, 6.45) is 2.86. The van der Waals surface area contributed by atoms with Gasteiger partial charge in [0.2, 0.25) is 0 Å². The van der Waals surface area contributed by atoms with Crippen molar-refractivity contribution >= 4 is 33.6 Å². The van der Waals surface area contributed by atoms with Gasteiger partial charge in [0.25, 0.3) is 0 Å². The molecular weight excluding hydrogens is 236 g/mol. The van der Waals surface area contributed by atoms with Crippen LogP contribution in [0, 0.1) is 0 Å². The molecule has 0 aliphatic carbocycles. The molecule has 3 aromatic rings. The molecule has 0 heterocycles. The zero-order chi connectivity index (χ0) is 13.2. The van der Waals surface area contributed by atoms with E-state index < -0.39 is 5.97 Å². The summed E-state index contributed by atoms with van der Waals surface area (Å²) in [5.41, 5.74) is 0.955. The first-order valence-corrected chi connectivity index (χ1v) is 6.07. The fraction of sp³-hybridized carbons (Fsp3) is 0. The van der Waals surface area contributed by atoms with E-state index in [1.54, 1.807) is 6.08 Å². The highest BCUT2D eigenvalue weighted by atomic mass is 16.4. The van der Waals surface area contributed by atoms with Gasteiger partial charge < -0.3 is 5.11 Å². The zero-order valence-electron chi connectivity index (χ0n) is 10.2. The summed E-state index contributed by atoms with van der Waals surface area (Å²) in [5, 5.41) is 13.2. The first-order chi connectivity index (χ1) is 9.25. The molecule has 19 heavy (non-hydrogen) atoms. The van der Waals surface area contributed by atoms with E-state index >= 15 is 0 Å². The second kappa shape index (κ2) is 4.58. The minimum Gasteiger partial charge on any atom is -0.478 e. The smallest absolute Gasteiger partial charge is 0.328 e. The second-order valence-electron chi connectivity index (χ2n) is 4.40. The van der Waals surface area contributed by atoms with Gasteiger partial charge >= 0.3 is 5.97 Å². The van der Waals surface area contributed by atoms with Crippen molar-refractivity contribution in [1.29, 1.82) is 0 Å². The highest BCUT2D eigenvalue weighted by Crippen LogP contribution is 2.29. The number of hydrogen-bond acceptors (Lipinski definition) is 1. The summed E-state index contributed by atoms with van der Waals surface area (Å²) >= 11 is 0. The van der Waals surface area contributed by atoms with Gasteiger partial charge in [0, 0.05) is 6.08 Å². The third-order valence-corrected chi connectivity index (χ3v) is 3.21. The number of fused-ring (bicyclic) bond motifs is 2. The quantitative estimate of drug-likeness (QED) is 0.548. The Morgan fingerprint density at radius 1 is 0.895 bits per heavy atom. The highest BCUT2D eigenvalue weighted by molar-refractivity contribution is 6.07. The summed E-state index contributed by atoms with van der Waals surface area (Å²) in [5.74, 6) is -0.933. The van der Waals surface area contributed by atoms with Crippen molar-refractivity contribution in [3.05, 3.63) is 66.2 Å². The summed E-state index contributed by atoms with van der Waals surface area (Å²) in [7, 11) is 0. The number of carboxylic acid groups (broad SMARTS) is 1. The average molecular weight is 248 g/mol. The molecule has 92 valence electrons. The Labute approximate surface area is 110 Å². The fourth-order valence-corrected chi connectivity index (χ4v) is 2.38. The largest absolute Gasteiger partial charge is 0.478 e. The molecule has 0 bridgehead atoms. The Hall–Kier alpha value is -2.61. The standard InChI is InChI=1S/C17H12O2/c18-17(19)10-9-16-14-7-3-1-5-12(14)11-13-6-2-4-8-15(13)16/h1-11H,(H,18,19). The van der Waals surface area contributed by atoms with Gasteiger partial charge in [0.1, 0.15) is 0 Å². The van der Waals surface area contributed by atoms with Gasteiger partial charge in [0.05, 0.1) is 0 Å². The van der Waals surface area contributed by atoms with E-state index in [1.807, 2.05) is 48.5 Å². The van der Waals surface area contributed by atoms with Crippen LogP contribution in [0.1, 0.15) is 5.56 Å². The van der Waals surface area contributed by atoms with Crippen LogP contribution in [0.3, 0.4) is 0 Å². The Kier molecular flexibility index (Phi) is 2.76. The maximum atomic E-state index is 10.8. The van der Waals surface area contributed by atoms with Crippen molar-refractivity contribution < 1.29 is 9.90 Å². The van der Waals surface area contributed by atoms with Crippen molar-refractivity contribution in [2.24, 2.45) is 0 Å². The van der Waals surface area contributed by atoms with Crippen LogP contribution in [-0.4, -0.2) is 11.1 Å². The van der Waals surface area contributed by atoms with Crippen LogP contribution < -0.4 is 0 Å². The third kappa shape index (κ3) is 2.08. The lowest BCUT2D eigenvalue weighted by Gasteiger charge is -2.07. The van der Waals surface area contributed by atoms with E-state index in [0.29, 0.717) is 0 Å². The maximum absolute atomic E-state index is 10.8. The molecule has 0 aromatic heterocycles. The van der Waals surface area contributed by atoms with Gasteiger partial charge in [-0.25, -0.2) is 4.79 Å². The SMILES string of the molecule is O=C(O)C=Cc1c2ccccc2cc2ccccc12. The molecule has 0 unspecified atom stereocenters. The van der Waals surface area contributed by atoms with Gasteiger partial charge in [-0.15, -0.1) is 0 Å². The fourth-order valence-electron chi connectivity index (χ4n) is 2.38. The lowest BCUT2D eigenvalue weighted by molar-refractivity contribution is -0.131. The summed E-state index contributed by atoms with van der Waals surface area (Å²) in [6, 6.07) is 18.2. The molecule has 1 N–H and O–H groups in total. The number of carboxylic acids is 1. The molecule has 0 radical (unpaired) electrons. The van der Waals surface area contributed by atoms with E-state index in [9.17, 15) is 4.79 Å². The van der Waals surface area contributed by atoms with Crippen LogP contribution in [0.25, 0.3) is 27.6 Å². The van der Waals surface area contributed by atoms with E-state index in [4.69, 9.17) is 5.11 Å². The summed E-state index contributed by atoms with van der Waals surface area (Å²) in [6.45, 7) is 0. The van der Waals surface area contributed by atoms with Crippen LogP contribution in [0.4, 0.5) is 0 Å². The number of rotatable bonds is 2. The maximum Gasteiger partial charge on any atom is 0.328 e. The normalized spacial score (nSPS) is 11.4. The van der Waals surface area contributed by atoms with E-state index in [-0.39, 0.29) is 0 Å². The van der Waals surface area contributed by atoms with Gasteiger partial charge in [-0.1, -0.05) is 48.5 Å². The molecule has 2 heteroatoms. The Bertz CT molecular complexity index is 747. The number of carbonyl (C=O) groups is 1. The molecule has 3 rings (SSSR count). The van der Waals surface area contributed by atoms with E-state index in [2.05, 4.69) is 6.07 Å². The van der Waals surface area contributed by atoms with Crippen LogP contribution in [-0.2, 0) is 4.79 Å². The van der Waals surface area contributed by atoms with Crippen LogP contribution in [0.15, 0.2) is 60.7 Å². The molecule has 0 saturated carbocycles. The first-order valence-electron chi connectivity index (χ1n) is 6.07. The van der Waals surface area contributed by atoms with E-state index in [1.165, 1.54) is 6.08 Å². The number of aliphatic carboxylic acids is 1. The molecule has 0 spiro atoms. The van der Waals surface area contributed by atoms with Crippen LogP contribution >= 0.6 is 0 Å². The zero-order valence-corrected chi connectivity index (χ0v) is 10.2. The highest BCUT2D eigenvalue weighted by Gasteiger charge is 2.04. The van der Waals surface area contributed by atoms with Gasteiger partial charge in [-0.05, 0) is 39.3 Å². The van der Waals surface area contributed by atoms with Crippen LogP contribution in [0.5, 0.6) is 0 Å². The summed E-state index contributed by atoms with van der Waals surface area (Å²) < 4.78 is 0. The van der Waals surface area contributed by atoms with Gasteiger partial charge in [-0.3, -0.25) is 0 Å². The number of hydrogen-bond donors (Lipinski definition) is 1. The molecule has 0 atom stereocenters. The average Bonchev–Trinajstić information content (AvgIpc) is 2.43. The molecule has 2 nitrogen and oxygen atoms in total. The molecule has 0 fully saturated rings. The lowest BCUT2D eigenvalue weighted by Crippen LogP contribution is -1.88. The topological polar surface area (TPSA) is 37.3 Å². The Morgan fingerprint density at radius 2 is 1.42 bits per heavy atom. The molecule has 0 saturated heterocycles.